The zero-order valence-corrected chi connectivity index (χ0v) is 15.2. The van der Waals surface area contributed by atoms with E-state index in [-0.39, 0.29) is 12.1 Å². The molecule has 2 aromatic heterocycles. The smallest absolute Gasteiger partial charge is 0.417 e. The van der Waals surface area contributed by atoms with Crippen LogP contribution < -0.4 is 10.1 Å². The van der Waals surface area contributed by atoms with Gasteiger partial charge in [-0.05, 0) is 30.9 Å². The van der Waals surface area contributed by atoms with Crippen LogP contribution in [0, 0.1) is 0 Å². The number of pyridine rings is 1. The van der Waals surface area contributed by atoms with Crippen molar-refractivity contribution >= 4 is 5.82 Å². The quantitative estimate of drug-likeness (QED) is 0.832. The van der Waals surface area contributed by atoms with Gasteiger partial charge in [0, 0.05) is 50.1 Å². The van der Waals surface area contributed by atoms with E-state index in [1.807, 2.05) is 6.20 Å². The summed E-state index contributed by atoms with van der Waals surface area (Å²) >= 11 is 0. The van der Waals surface area contributed by atoms with Gasteiger partial charge in [0.1, 0.15) is 18.2 Å². The molecule has 9 heteroatoms. The van der Waals surface area contributed by atoms with Crippen molar-refractivity contribution in [3.63, 3.8) is 0 Å². The monoisotopic (exact) mass is 394 g/mol. The molecule has 1 aliphatic carbocycles. The summed E-state index contributed by atoms with van der Waals surface area (Å²) in [5.41, 5.74) is 0.267. The first-order chi connectivity index (χ1) is 13.5. The Balaban J connectivity index is 1.30. The lowest BCUT2D eigenvalue weighted by Crippen LogP contribution is -2.43. The summed E-state index contributed by atoms with van der Waals surface area (Å²) in [6, 6.07) is 2.50. The summed E-state index contributed by atoms with van der Waals surface area (Å²) in [7, 11) is 0. The van der Waals surface area contributed by atoms with E-state index < -0.39 is 11.7 Å². The van der Waals surface area contributed by atoms with Crippen LogP contribution in [0.4, 0.5) is 19.0 Å². The minimum Gasteiger partial charge on any atom is -0.474 e. The van der Waals surface area contributed by atoms with Crippen molar-refractivity contribution in [2.24, 2.45) is 0 Å². The average molecular weight is 394 g/mol. The molecule has 0 spiro atoms. The van der Waals surface area contributed by atoms with Crippen molar-refractivity contribution in [3.8, 4) is 5.88 Å². The van der Waals surface area contributed by atoms with E-state index in [0.29, 0.717) is 17.6 Å². The minimum atomic E-state index is -4.37. The fourth-order valence-corrected chi connectivity index (χ4v) is 3.51. The summed E-state index contributed by atoms with van der Waals surface area (Å²) in [4.78, 5) is 12.3. The molecule has 3 heterocycles. The molecule has 1 aliphatic heterocycles. The van der Waals surface area contributed by atoms with Crippen molar-refractivity contribution in [3.05, 3.63) is 42.0 Å². The molecule has 4 rings (SSSR count). The number of halogens is 3. The van der Waals surface area contributed by atoms with Gasteiger partial charge in [-0.25, -0.2) is 15.0 Å². The molecule has 0 unspecified atom stereocenters. The molecule has 0 atom stereocenters. The van der Waals surface area contributed by atoms with Gasteiger partial charge in [0.25, 0.3) is 0 Å². The fourth-order valence-electron chi connectivity index (χ4n) is 3.51. The number of rotatable bonds is 5. The predicted molar refractivity (Wildman–Crippen MR) is 95.1 cm³/mol. The molecule has 150 valence electrons. The van der Waals surface area contributed by atoms with Crippen LogP contribution in [-0.4, -0.2) is 40.3 Å². The van der Waals surface area contributed by atoms with E-state index in [2.05, 4.69) is 20.3 Å². The molecule has 2 fully saturated rings. The summed E-state index contributed by atoms with van der Waals surface area (Å²) in [5.74, 6) is 1.40. The van der Waals surface area contributed by atoms with E-state index in [9.17, 15) is 13.2 Å². The Kier molecular flexibility index (Phi) is 5.34. The molecule has 1 saturated heterocycles. The minimum absolute atomic E-state index is 0.0143. The van der Waals surface area contributed by atoms with Crippen molar-refractivity contribution < 1.29 is 22.6 Å². The Hall–Kier alpha value is -2.42. The van der Waals surface area contributed by atoms with Crippen LogP contribution >= 0.6 is 0 Å². The number of ether oxygens (including phenoxy) is 2. The van der Waals surface area contributed by atoms with Gasteiger partial charge in [-0.15, -0.1) is 0 Å². The van der Waals surface area contributed by atoms with Crippen molar-refractivity contribution in [2.45, 2.75) is 49.9 Å². The van der Waals surface area contributed by atoms with Crippen molar-refractivity contribution in [2.75, 3.05) is 18.5 Å². The Bertz CT molecular complexity index is 789. The van der Waals surface area contributed by atoms with Crippen LogP contribution in [0.25, 0.3) is 0 Å². The number of hydrogen-bond acceptors (Lipinski definition) is 6. The van der Waals surface area contributed by atoms with Crippen LogP contribution in [-0.2, 0) is 10.9 Å². The van der Waals surface area contributed by atoms with E-state index in [4.69, 9.17) is 9.47 Å². The Morgan fingerprint density at radius 2 is 1.86 bits per heavy atom. The maximum absolute atomic E-state index is 12.6. The highest BCUT2D eigenvalue weighted by Gasteiger charge is 2.34. The zero-order valence-electron chi connectivity index (χ0n) is 15.2. The van der Waals surface area contributed by atoms with Gasteiger partial charge >= 0.3 is 6.18 Å². The number of hydrogen-bond donors (Lipinski definition) is 1. The van der Waals surface area contributed by atoms with Gasteiger partial charge in [-0.2, -0.15) is 13.2 Å². The van der Waals surface area contributed by atoms with Gasteiger partial charge < -0.3 is 14.8 Å². The molecule has 2 aliphatic rings. The largest absolute Gasteiger partial charge is 0.474 e. The topological polar surface area (TPSA) is 69.2 Å². The third kappa shape index (κ3) is 4.35. The maximum atomic E-state index is 12.6. The van der Waals surface area contributed by atoms with Crippen LogP contribution in [0.2, 0.25) is 0 Å². The summed E-state index contributed by atoms with van der Waals surface area (Å²) in [6.45, 7) is 1.46. The Labute approximate surface area is 160 Å². The van der Waals surface area contributed by atoms with E-state index in [0.717, 1.165) is 56.7 Å². The first-order valence-electron chi connectivity index (χ1n) is 9.33. The first-order valence-corrected chi connectivity index (χ1v) is 9.33. The first kappa shape index (κ1) is 18.9. The molecule has 0 radical (unpaired) electrons. The maximum Gasteiger partial charge on any atom is 0.417 e. The van der Waals surface area contributed by atoms with E-state index >= 15 is 0 Å². The van der Waals surface area contributed by atoms with Gasteiger partial charge in [-0.3, -0.25) is 0 Å². The molecule has 28 heavy (non-hydrogen) atoms. The lowest BCUT2D eigenvalue weighted by Gasteiger charge is -2.36. The Morgan fingerprint density at radius 3 is 2.54 bits per heavy atom. The van der Waals surface area contributed by atoms with Crippen molar-refractivity contribution in [1.29, 1.82) is 0 Å². The van der Waals surface area contributed by atoms with Gasteiger partial charge in [0.15, 0.2) is 0 Å². The van der Waals surface area contributed by atoms with Crippen LogP contribution in [0.3, 0.4) is 0 Å². The highest BCUT2D eigenvalue weighted by Crippen LogP contribution is 2.35. The summed E-state index contributed by atoms with van der Waals surface area (Å²) in [6.07, 6.45) is 3.12. The second-order valence-corrected chi connectivity index (χ2v) is 7.15. The number of nitrogens with one attached hydrogen (secondary N) is 1. The average Bonchev–Trinajstić information content (AvgIpc) is 2.67. The number of aromatic nitrogens is 3. The van der Waals surface area contributed by atoms with Gasteiger partial charge in [-0.1, -0.05) is 0 Å². The second kappa shape index (κ2) is 7.90. The van der Waals surface area contributed by atoms with Crippen LogP contribution in [0.15, 0.2) is 30.9 Å². The van der Waals surface area contributed by atoms with Crippen LogP contribution in [0.1, 0.15) is 42.7 Å². The highest BCUT2D eigenvalue weighted by molar-refractivity contribution is 5.38. The molecule has 1 N–H and O–H groups in total. The molecule has 0 amide bonds. The number of nitrogens with zero attached hydrogens (tertiary/aromatic N) is 3. The van der Waals surface area contributed by atoms with E-state index in [1.165, 1.54) is 12.4 Å². The van der Waals surface area contributed by atoms with Crippen LogP contribution in [0.5, 0.6) is 5.88 Å². The standard InChI is InChI=1S/C19H21F3N4O2/c20-19(21,22)13-1-2-17(24-9-13)26-14-7-15(8-14)28-18-16(10-23-11-25-18)12-3-5-27-6-4-12/h1-2,9-12,14-15H,3-8H2,(H,24,26)/t14-,15-. The molecule has 6 nitrogen and oxygen atoms in total. The number of alkyl halides is 3. The number of anilines is 1. The molecule has 1 saturated carbocycles. The second-order valence-electron chi connectivity index (χ2n) is 7.15. The predicted octanol–water partition coefficient (Wildman–Crippen LogP) is 3.81. The molecule has 0 aromatic carbocycles. The lowest BCUT2D eigenvalue weighted by molar-refractivity contribution is -0.137. The fraction of sp³-hybridized carbons (Fsp3) is 0.526. The Morgan fingerprint density at radius 1 is 1.07 bits per heavy atom. The van der Waals surface area contributed by atoms with Gasteiger partial charge in [0.05, 0.1) is 5.56 Å². The molecular weight excluding hydrogens is 373 g/mol. The summed E-state index contributed by atoms with van der Waals surface area (Å²) in [5, 5.41) is 3.14. The third-order valence-corrected chi connectivity index (χ3v) is 5.18. The molecular formula is C19H21F3N4O2. The SMILES string of the molecule is FC(F)(F)c1ccc(N[C@H]2C[C@H](Oc3ncncc3C3CCOCC3)C2)nc1. The normalized spacial score (nSPS) is 23.1. The van der Waals surface area contributed by atoms with Gasteiger partial charge in [0.2, 0.25) is 5.88 Å². The lowest BCUT2D eigenvalue weighted by atomic mass is 9.89. The highest BCUT2D eigenvalue weighted by atomic mass is 19.4. The molecule has 2 aromatic rings. The van der Waals surface area contributed by atoms with Crippen molar-refractivity contribution in [1.82, 2.24) is 15.0 Å². The molecule has 0 bridgehead atoms. The van der Waals surface area contributed by atoms with E-state index in [1.54, 1.807) is 0 Å². The summed E-state index contributed by atoms with van der Waals surface area (Å²) < 4.78 is 49.2. The zero-order chi connectivity index (χ0) is 19.6. The third-order valence-electron chi connectivity index (χ3n) is 5.18.